The van der Waals surface area contributed by atoms with Crippen LogP contribution in [-0.4, -0.2) is 31.1 Å². The van der Waals surface area contributed by atoms with Gasteiger partial charge in [0.1, 0.15) is 0 Å². The van der Waals surface area contributed by atoms with E-state index in [1.54, 1.807) is 0 Å². The van der Waals surface area contributed by atoms with Crippen LogP contribution in [0.15, 0.2) is 0 Å². The maximum atomic E-state index is 12.8. The third-order valence-corrected chi connectivity index (χ3v) is 6.45. The molecule has 0 heterocycles. The molecule has 0 aromatic carbocycles. The summed E-state index contributed by atoms with van der Waals surface area (Å²) in [5.74, 6) is 0. The molecule has 0 saturated carbocycles. The number of rotatable bonds is 16. The zero-order chi connectivity index (χ0) is 19.7. The minimum Gasteiger partial charge on any atom is -0.211 e. The summed E-state index contributed by atoms with van der Waals surface area (Å²) < 4.78 is 27.1. The summed E-state index contributed by atoms with van der Waals surface area (Å²) in [6.45, 7) is 2.76. The minimum absolute atomic E-state index is 0.361. The molecule has 0 saturated heterocycles. The number of nitriles is 3. The van der Waals surface area contributed by atoms with E-state index in [1.165, 1.54) is 4.31 Å². The maximum absolute atomic E-state index is 12.8. The molecule has 6 nitrogen and oxygen atoms in total. The quantitative estimate of drug-likeness (QED) is 0.372. The van der Waals surface area contributed by atoms with E-state index in [9.17, 15) is 13.7 Å². The summed E-state index contributed by atoms with van der Waals surface area (Å²) >= 11 is 0. The van der Waals surface area contributed by atoms with Crippen molar-refractivity contribution in [3.05, 3.63) is 0 Å². The van der Waals surface area contributed by atoms with Gasteiger partial charge in [-0.15, -0.1) is 0 Å². The van der Waals surface area contributed by atoms with Gasteiger partial charge in [0.15, 0.2) is 5.25 Å². The highest BCUT2D eigenvalue weighted by Gasteiger charge is 2.30. The molecule has 0 aromatic heterocycles. The molecular formula is C19H32N4O2S. The van der Waals surface area contributed by atoms with Crippen molar-refractivity contribution in [2.45, 2.75) is 89.2 Å². The van der Waals surface area contributed by atoms with Gasteiger partial charge in [0.2, 0.25) is 10.0 Å². The SMILES string of the molecule is CCCC(C#N)S(=O)(=O)N(CCCCCCC#N)CCCCCCC#N. The highest BCUT2D eigenvalue weighted by molar-refractivity contribution is 7.90. The van der Waals surface area contributed by atoms with Gasteiger partial charge in [-0.3, -0.25) is 0 Å². The fraction of sp³-hybridized carbons (Fsp3) is 0.842. The van der Waals surface area contributed by atoms with Crippen LogP contribution in [0, 0.1) is 34.0 Å². The lowest BCUT2D eigenvalue weighted by atomic mass is 10.1. The first kappa shape index (κ1) is 24.4. The van der Waals surface area contributed by atoms with Crippen LogP contribution in [0.4, 0.5) is 0 Å². The summed E-state index contributed by atoms with van der Waals surface area (Å²) in [6.07, 6.45) is 8.92. The average Bonchev–Trinajstić information content (AvgIpc) is 2.63. The Morgan fingerprint density at radius 3 is 1.65 bits per heavy atom. The molecule has 26 heavy (non-hydrogen) atoms. The standard InChI is InChI=1S/C19H32N4O2S/c1-2-13-19(18-22)26(24,25)23(16-11-7-3-5-9-14-20)17-12-8-4-6-10-15-21/h19H,2-13,16-17H2,1H3. The largest absolute Gasteiger partial charge is 0.230 e. The van der Waals surface area contributed by atoms with Crippen molar-refractivity contribution in [3.8, 4) is 18.2 Å². The van der Waals surface area contributed by atoms with Gasteiger partial charge >= 0.3 is 0 Å². The van der Waals surface area contributed by atoms with Crippen LogP contribution in [0.3, 0.4) is 0 Å². The molecule has 0 aliphatic rings. The third kappa shape index (κ3) is 10.4. The second kappa shape index (κ2) is 15.6. The maximum Gasteiger partial charge on any atom is 0.230 e. The number of unbranched alkanes of at least 4 members (excludes halogenated alkanes) is 8. The molecule has 0 amide bonds. The lowest BCUT2D eigenvalue weighted by Gasteiger charge is -2.24. The van der Waals surface area contributed by atoms with Crippen molar-refractivity contribution in [1.29, 1.82) is 15.8 Å². The predicted octanol–water partition coefficient (Wildman–Crippen LogP) is 4.26. The van der Waals surface area contributed by atoms with Crippen LogP contribution < -0.4 is 0 Å². The van der Waals surface area contributed by atoms with E-state index in [0.717, 1.165) is 51.4 Å². The molecule has 0 bridgehead atoms. The van der Waals surface area contributed by atoms with Gasteiger partial charge in [0.25, 0.3) is 0 Å². The van der Waals surface area contributed by atoms with Crippen LogP contribution in [0.1, 0.15) is 84.0 Å². The van der Waals surface area contributed by atoms with Crippen molar-refractivity contribution in [2.24, 2.45) is 0 Å². The van der Waals surface area contributed by atoms with E-state index in [1.807, 2.05) is 13.0 Å². The van der Waals surface area contributed by atoms with Gasteiger partial charge in [-0.25, -0.2) is 12.7 Å². The number of nitrogens with zero attached hydrogens (tertiary/aromatic N) is 4. The van der Waals surface area contributed by atoms with Crippen molar-refractivity contribution >= 4 is 10.0 Å². The molecule has 7 heteroatoms. The Hall–Kier alpha value is -1.62. The molecule has 0 aliphatic heterocycles. The molecular weight excluding hydrogens is 348 g/mol. The number of sulfonamides is 1. The Labute approximate surface area is 159 Å². The van der Waals surface area contributed by atoms with E-state index in [2.05, 4.69) is 12.1 Å². The highest BCUT2D eigenvalue weighted by atomic mass is 32.2. The van der Waals surface area contributed by atoms with Crippen molar-refractivity contribution in [2.75, 3.05) is 13.1 Å². The van der Waals surface area contributed by atoms with E-state index < -0.39 is 15.3 Å². The Kier molecular flexibility index (Phi) is 14.6. The molecule has 0 spiro atoms. The van der Waals surface area contributed by atoms with Gasteiger partial charge < -0.3 is 0 Å². The Balaban J connectivity index is 4.64. The fourth-order valence-electron chi connectivity index (χ4n) is 2.78. The molecule has 0 fully saturated rings. The van der Waals surface area contributed by atoms with Gasteiger partial charge in [-0.05, 0) is 32.1 Å². The van der Waals surface area contributed by atoms with E-state index >= 15 is 0 Å². The lowest BCUT2D eigenvalue weighted by molar-refractivity contribution is 0.381. The van der Waals surface area contributed by atoms with E-state index in [0.29, 0.717) is 38.8 Å². The summed E-state index contributed by atoms with van der Waals surface area (Å²) in [5.41, 5.74) is 0. The fourth-order valence-corrected chi connectivity index (χ4v) is 4.57. The first-order valence-electron chi connectivity index (χ1n) is 9.67. The minimum atomic E-state index is -3.60. The predicted molar refractivity (Wildman–Crippen MR) is 102 cm³/mol. The molecule has 0 aliphatic carbocycles. The van der Waals surface area contributed by atoms with Crippen molar-refractivity contribution in [3.63, 3.8) is 0 Å². The topological polar surface area (TPSA) is 109 Å². The second-order valence-corrected chi connectivity index (χ2v) is 8.61. The summed E-state index contributed by atoms with van der Waals surface area (Å²) in [7, 11) is -3.60. The van der Waals surface area contributed by atoms with E-state index in [4.69, 9.17) is 10.5 Å². The second-order valence-electron chi connectivity index (χ2n) is 6.50. The van der Waals surface area contributed by atoms with E-state index in [-0.39, 0.29) is 0 Å². The smallest absolute Gasteiger partial charge is 0.211 e. The van der Waals surface area contributed by atoms with Crippen LogP contribution in [0.5, 0.6) is 0 Å². The number of hydrogen-bond donors (Lipinski definition) is 0. The average molecular weight is 381 g/mol. The first-order chi connectivity index (χ1) is 12.5. The summed E-state index contributed by atoms with van der Waals surface area (Å²) in [4.78, 5) is 0. The Morgan fingerprint density at radius 1 is 0.808 bits per heavy atom. The monoisotopic (exact) mass is 380 g/mol. The van der Waals surface area contributed by atoms with Crippen LogP contribution in [0.2, 0.25) is 0 Å². The molecule has 0 N–H and O–H groups in total. The van der Waals surface area contributed by atoms with Gasteiger partial charge in [-0.1, -0.05) is 39.0 Å². The zero-order valence-corrected chi connectivity index (χ0v) is 16.8. The summed E-state index contributed by atoms with van der Waals surface area (Å²) in [6, 6.07) is 6.19. The lowest BCUT2D eigenvalue weighted by Crippen LogP contribution is -2.39. The van der Waals surface area contributed by atoms with Gasteiger partial charge in [0, 0.05) is 25.9 Å². The Bertz CT molecular complexity index is 558. The molecule has 1 atom stereocenters. The normalized spacial score (nSPS) is 12.3. The molecule has 0 rings (SSSR count). The molecule has 0 radical (unpaired) electrons. The highest BCUT2D eigenvalue weighted by Crippen LogP contribution is 2.17. The van der Waals surface area contributed by atoms with Crippen molar-refractivity contribution in [1.82, 2.24) is 4.31 Å². The summed E-state index contributed by atoms with van der Waals surface area (Å²) in [5, 5.41) is 25.4. The number of hydrogen-bond acceptors (Lipinski definition) is 5. The third-order valence-electron chi connectivity index (χ3n) is 4.31. The van der Waals surface area contributed by atoms with Gasteiger partial charge in [-0.2, -0.15) is 15.8 Å². The van der Waals surface area contributed by atoms with Gasteiger partial charge in [0.05, 0.1) is 18.2 Å². The zero-order valence-electron chi connectivity index (χ0n) is 16.0. The molecule has 0 aromatic rings. The van der Waals surface area contributed by atoms with Crippen LogP contribution in [-0.2, 0) is 10.0 Å². The molecule has 1 unspecified atom stereocenters. The Morgan fingerprint density at radius 2 is 1.27 bits per heavy atom. The first-order valence-corrected chi connectivity index (χ1v) is 11.2. The molecule has 146 valence electrons. The van der Waals surface area contributed by atoms with Crippen molar-refractivity contribution < 1.29 is 8.42 Å². The van der Waals surface area contributed by atoms with Crippen LogP contribution in [0.25, 0.3) is 0 Å². The van der Waals surface area contributed by atoms with Crippen LogP contribution >= 0.6 is 0 Å².